The van der Waals surface area contributed by atoms with Gasteiger partial charge in [-0.05, 0) is 62.3 Å². The van der Waals surface area contributed by atoms with Crippen molar-refractivity contribution in [3.05, 3.63) is 29.3 Å². The highest BCUT2D eigenvalue weighted by molar-refractivity contribution is 5.38. The summed E-state index contributed by atoms with van der Waals surface area (Å²) in [6, 6.07) is 6.40. The maximum absolute atomic E-state index is 9.78. The number of phenolic OH excluding ortho intramolecular Hbond substituents is 1. The minimum Gasteiger partial charge on any atom is -0.508 e. The third-order valence-electron chi connectivity index (χ3n) is 4.73. The minimum atomic E-state index is 0.403. The van der Waals surface area contributed by atoms with Crippen LogP contribution >= 0.6 is 0 Å². The summed E-state index contributed by atoms with van der Waals surface area (Å²) in [5, 5.41) is 9.78. The molecule has 1 aliphatic heterocycles. The quantitative estimate of drug-likeness (QED) is 0.919. The molecule has 0 bridgehead atoms. The topological polar surface area (TPSA) is 32.7 Å². The second-order valence-corrected chi connectivity index (χ2v) is 5.98. The molecule has 1 atom stereocenters. The number of hydrogen-bond acceptors (Lipinski definition) is 3. The molecule has 1 aliphatic carbocycles. The lowest BCUT2D eigenvalue weighted by Gasteiger charge is -2.40. The number of aromatic hydroxyl groups is 1. The van der Waals surface area contributed by atoms with Crippen molar-refractivity contribution in [3.63, 3.8) is 0 Å². The zero-order valence-corrected chi connectivity index (χ0v) is 12.3. The first kappa shape index (κ1) is 13.9. The van der Waals surface area contributed by atoms with Crippen molar-refractivity contribution in [2.24, 2.45) is 0 Å². The summed E-state index contributed by atoms with van der Waals surface area (Å²) in [7, 11) is 0. The van der Waals surface area contributed by atoms with Crippen LogP contribution in [0.4, 0.5) is 0 Å². The van der Waals surface area contributed by atoms with Gasteiger partial charge in [-0.15, -0.1) is 0 Å². The van der Waals surface area contributed by atoms with Crippen LogP contribution in [0.3, 0.4) is 0 Å². The molecule has 1 aromatic carbocycles. The molecule has 1 aromatic rings. The van der Waals surface area contributed by atoms with E-state index in [2.05, 4.69) is 17.9 Å². The number of likely N-dealkylation sites (tertiary alicyclic amines) is 1. The molecule has 3 nitrogen and oxygen atoms in total. The van der Waals surface area contributed by atoms with E-state index < -0.39 is 0 Å². The number of fused-ring (bicyclic) bond motifs is 1. The molecule has 0 saturated carbocycles. The van der Waals surface area contributed by atoms with Gasteiger partial charge in [0.1, 0.15) is 5.75 Å². The molecule has 1 unspecified atom stereocenters. The number of nitrogens with zero attached hydrogens (tertiary/aromatic N) is 1. The van der Waals surface area contributed by atoms with Crippen LogP contribution in [0.5, 0.6) is 5.75 Å². The first-order valence-electron chi connectivity index (χ1n) is 7.95. The molecule has 3 rings (SSSR count). The van der Waals surface area contributed by atoms with Crippen molar-refractivity contribution in [1.29, 1.82) is 0 Å². The Morgan fingerprint density at radius 1 is 1.25 bits per heavy atom. The molecule has 0 radical (unpaired) electrons. The van der Waals surface area contributed by atoms with E-state index in [9.17, 15) is 5.11 Å². The Morgan fingerprint density at radius 2 is 2.05 bits per heavy atom. The molecule has 2 aliphatic rings. The average molecular weight is 275 g/mol. The zero-order valence-electron chi connectivity index (χ0n) is 12.3. The number of phenols is 1. The van der Waals surface area contributed by atoms with E-state index in [-0.39, 0.29) is 0 Å². The predicted octanol–water partition coefficient (Wildman–Crippen LogP) is 3.27. The number of aryl methyl sites for hydroxylation is 1. The highest BCUT2D eigenvalue weighted by Gasteiger charge is 2.29. The Hall–Kier alpha value is -1.06. The van der Waals surface area contributed by atoms with Crippen LogP contribution in [-0.4, -0.2) is 35.8 Å². The van der Waals surface area contributed by atoms with E-state index >= 15 is 0 Å². The summed E-state index contributed by atoms with van der Waals surface area (Å²) < 4.78 is 5.74. The van der Waals surface area contributed by atoms with Gasteiger partial charge in [0.2, 0.25) is 0 Å². The van der Waals surface area contributed by atoms with Gasteiger partial charge < -0.3 is 9.84 Å². The van der Waals surface area contributed by atoms with E-state index in [0.29, 0.717) is 17.9 Å². The molecule has 1 N–H and O–H groups in total. The second-order valence-electron chi connectivity index (χ2n) is 5.98. The van der Waals surface area contributed by atoms with Crippen LogP contribution in [0.1, 0.15) is 49.8 Å². The van der Waals surface area contributed by atoms with Gasteiger partial charge in [-0.1, -0.05) is 6.07 Å². The fraction of sp³-hybridized carbons (Fsp3) is 0.647. The van der Waals surface area contributed by atoms with Crippen LogP contribution in [0.2, 0.25) is 0 Å². The van der Waals surface area contributed by atoms with Crippen molar-refractivity contribution in [2.45, 2.75) is 51.2 Å². The third kappa shape index (κ3) is 2.84. The van der Waals surface area contributed by atoms with Gasteiger partial charge in [0, 0.05) is 25.7 Å². The van der Waals surface area contributed by atoms with E-state index in [1.807, 2.05) is 12.1 Å². The van der Waals surface area contributed by atoms with Crippen molar-refractivity contribution >= 4 is 0 Å². The van der Waals surface area contributed by atoms with E-state index in [1.165, 1.54) is 24.0 Å². The summed E-state index contributed by atoms with van der Waals surface area (Å²) in [5.41, 5.74) is 2.78. The van der Waals surface area contributed by atoms with Crippen molar-refractivity contribution in [2.75, 3.05) is 19.7 Å². The fourth-order valence-electron chi connectivity index (χ4n) is 3.73. The molecule has 3 heteroatoms. The van der Waals surface area contributed by atoms with Gasteiger partial charge in [0.15, 0.2) is 0 Å². The Labute approximate surface area is 121 Å². The summed E-state index contributed by atoms with van der Waals surface area (Å²) in [5.74, 6) is 0.403. The van der Waals surface area contributed by atoms with Crippen LogP contribution in [-0.2, 0) is 11.2 Å². The molecule has 1 saturated heterocycles. The molecule has 0 spiro atoms. The maximum Gasteiger partial charge on any atom is 0.115 e. The molecule has 0 amide bonds. The van der Waals surface area contributed by atoms with Crippen LogP contribution in [0, 0.1) is 0 Å². The lowest BCUT2D eigenvalue weighted by Crippen LogP contribution is -2.40. The Balaban J connectivity index is 1.72. The van der Waals surface area contributed by atoms with Gasteiger partial charge >= 0.3 is 0 Å². The second kappa shape index (κ2) is 6.15. The number of hydrogen-bond donors (Lipinski definition) is 1. The number of rotatable bonds is 3. The van der Waals surface area contributed by atoms with Crippen molar-refractivity contribution in [3.8, 4) is 5.75 Å². The molecule has 1 heterocycles. The summed E-state index contributed by atoms with van der Waals surface area (Å²) in [4.78, 5) is 2.59. The summed E-state index contributed by atoms with van der Waals surface area (Å²) >= 11 is 0. The lowest BCUT2D eigenvalue weighted by atomic mass is 9.85. The summed E-state index contributed by atoms with van der Waals surface area (Å²) in [6.07, 6.45) is 6.35. The highest BCUT2D eigenvalue weighted by atomic mass is 16.5. The first-order chi connectivity index (χ1) is 9.78. The number of piperidine rings is 1. The Kier molecular flexibility index (Phi) is 4.27. The molecular formula is C17H25NO2. The fourth-order valence-corrected chi connectivity index (χ4v) is 3.73. The predicted molar refractivity (Wildman–Crippen MR) is 80.0 cm³/mol. The normalized spacial score (nSPS) is 24.6. The van der Waals surface area contributed by atoms with Gasteiger partial charge in [-0.3, -0.25) is 4.90 Å². The highest BCUT2D eigenvalue weighted by Crippen LogP contribution is 2.37. The average Bonchev–Trinajstić information content (AvgIpc) is 2.48. The SMILES string of the molecule is CCOC1CCN(C2CCCc3ccc(O)cc32)CC1. The van der Waals surface area contributed by atoms with Gasteiger partial charge in [-0.2, -0.15) is 0 Å². The van der Waals surface area contributed by atoms with Gasteiger partial charge in [-0.25, -0.2) is 0 Å². The molecule has 20 heavy (non-hydrogen) atoms. The largest absolute Gasteiger partial charge is 0.508 e. The number of benzene rings is 1. The number of ether oxygens (including phenoxy) is 1. The minimum absolute atomic E-state index is 0.403. The zero-order chi connectivity index (χ0) is 13.9. The van der Waals surface area contributed by atoms with Crippen molar-refractivity contribution in [1.82, 2.24) is 4.90 Å². The van der Waals surface area contributed by atoms with E-state index in [4.69, 9.17) is 4.74 Å². The monoisotopic (exact) mass is 275 g/mol. The lowest BCUT2D eigenvalue weighted by molar-refractivity contribution is 0.00163. The van der Waals surface area contributed by atoms with Crippen LogP contribution in [0.15, 0.2) is 18.2 Å². The standard InChI is InChI=1S/C17H25NO2/c1-2-20-15-8-10-18(11-9-15)17-5-3-4-13-6-7-14(19)12-16(13)17/h6-7,12,15,17,19H,2-5,8-11H2,1H3. The smallest absolute Gasteiger partial charge is 0.115 e. The Bertz CT molecular complexity index is 452. The molecule has 0 aromatic heterocycles. The van der Waals surface area contributed by atoms with Gasteiger partial charge in [0.05, 0.1) is 6.10 Å². The maximum atomic E-state index is 9.78. The van der Waals surface area contributed by atoms with E-state index in [0.717, 1.165) is 39.0 Å². The van der Waals surface area contributed by atoms with Crippen LogP contribution in [0.25, 0.3) is 0 Å². The van der Waals surface area contributed by atoms with Gasteiger partial charge in [0.25, 0.3) is 0 Å². The third-order valence-corrected chi connectivity index (χ3v) is 4.73. The molecule has 110 valence electrons. The molecule has 1 fully saturated rings. The van der Waals surface area contributed by atoms with E-state index in [1.54, 1.807) is 0 Å². The van der Waals surface area contributed by atoms with Crippen LogP contribution < -0.4 is 0 Å². The summed E-state index contributed by atoms with van der Waals surface area (Å²) in [6.45, 7) is 5.13. The first-order valence-corrected chi connectivity index (χ1v) is 7.95. The van der Waals surface area contributed by atoms with Crippen molar-refractivity contribution < 1.29 is 9.84 Å². The Morgan fingerprint density at radius 3 is 2.80 bits per heavy atom. The molecular weight excluding hydrogens is 250 g/mol.